The van der Waals surface area contributed by atoms with E-state index < -0.39 is 0 Å². The molecule has 20 heavy (non-hydrogen) atoms. The maximum absolute atomic E-state index is 11.5. The van der Waals surface area contributed by atoms with Crippen LogP contribution in [0.2, 0.25) is 5.02 Å². The van der Waals surface area contributed by atoms with Crippen molar-refractivity contribution in [1.82, 2.24) is 9.88 Å². The van der Waals surface area contributed by atoms with Gasteiger partial charge in [-0.3, -0.25) is 4.79 Å². The fourth-order valence-corrected chi connectivity index (χ4v) is 3.49. The quantitative estimate of drug-likeness (QED) is 0.778. The molecule has 0 aliphatic rings. The van der Waals surface area contributed by atoms with Crippen LogP contribution in [-0.4, -0.2) is 35.6 Å². The van der Waals surface area contributed by atoms with Gasteiger partial charge < -0.3 is 4.90 Å². The summed E-state index contributed by atoms with van der Waals surface area (Å²) in [5, 5.41) is 2.75. The Hall–Kier alpha value is -1.04. The molecule has 0 saturated carbocycles. The molecule has 106 valence electrons. The Morgan fingerprint density at radius 1 is 1.35 bits per heavy atom. The van der Waals surface area contributed by atoms with Crippen molar-refractivity contribution in [3.63, 3.8) is 0 Å². The molecule has 2 rings (SSSR count). The van der Waals surface area contributed by atoms with Crippen LogP contribution >= 0.6 is 34.7 Å². The van der Waals surface area contributed by atoms with Crippen molar-refractivity contribution >= 4 is 40.6 Å². The van der Waals surface area contributed by atoms with E-state index in [0.717, 1.165) is 26.4 Å². The van der Waals surface area contributed by atoms with Gasteiger partial charge in [-0.2, -0.15) is 0 Å². The molecule has 0 saturated heterocycles. The highest BCUT2D eigenvalue weighted by Crippen LogP contribution is 2.29. The maximum atomic E-state index is 11.5. The molecule has 0 bridgehead atoms. The van der Waals surface area contributed by atoms with Gasteiger partial charge in [-0.1, -0.05) is 35.5 Å². The normalized spacial score (nSPS) is 10.6. The smallest absolute Gasteiger partial charge is 0.222 e. The Labute approximate surface area is 132 Å². The van der Waals surface area contributed by atoms with Crippen LogP contribution in [-0.2, 0) is 4.79 Å². The van der Waals surface area contributed by atoms with Crippen molar-refractivity contribution in [3.8, 4) is 11.3 Å². The minimum absolute atomic E-state index is 0.145. The zero-order chi connectivity index (χ0) is 14.5. The van der Waals surface area contributed by atoms with E-state index in [1.165, 1.54) is 0 Å². The van der Waals surface area contributed by atoms with E-state index in [0.29, 0.717) is 6.42 Å². The molecule has 2 aromatic rings. The molecule has 0 aliphatic heterocycles. The minimum atomic E-state index is 0.145. The van der Waals surface area contributed by atoms with Gasteiger partial charge in [0.05, 0.1) is 5.69 Å². The molecule has 0 unspecified atom stereocenters. The Kier molecular flexibility index (Phi) is 5.46. The number of rotatable bonds is 5. The Bertz CT molecular complexity index is 581. The number of thiazole rings is 1. The largest absolute Gasteiger partial charge is 0.349 e. The molecular weight excluding hydrogens is 312 g/mol. The summed E-state index contributed by atoms with van der Waals surface area (Å²) in [6.45, 7) is 0. The zero-order valence-corrected chi connectivity index (χ0v) is 13.7. The van der Waals surface area contributed by atoms with Gasteiger partial charge in [0, 0.05) is 42.2 Å². The van der Waals surface area contributed by atoms with Crippen molar-refractivity contribution in [2.75, 3.05) is 19.8 Å². The van der Waals surface area contributed by atoms with E-state index in [2.05, 4.69) is 4.98 Å². The van der Waals surface area contributed by atoms with Gasteiger partial charge in [0.1, 0.15) is 0 Å². The molecule has 1 aromatic carbocycles. The number of carbonyl (C=O) groups excluding carboxylic acids is 1. The third-order valence-electron chi connectivity index (χ3n) is 2.66. The molecular formula is C14H15ClN2OS2. The van der Waals surface area contributed by atoms with Crippen LogP contribution in [0.1, 0.15) is 6.42 Å². The van der Waals surface area contributed by atoms with E-state index in [1.807, 2.05) is 29.6 Å². The van der Waals surface area contributed by atoms with Crippen LogP contribution in [0.3, 0.4) is 0 Å². The Morgan fingerprint density at radius 3 is 2.70 bits per heavy atom. The Balaban J connectivity index is 1.92. The lowest BCUT2D eigenvalue weighted by atomic mass is 10.2. The minimum Gasteiger partial charge on any atom is -0.349 e. The number of amides is 1. The van der Waals surface area contributed by atoms with E-state index in [-0.39, 0.29) is 5.91 Å². The van der Waals surface area contributed by atoms with Gasteiger partial charge in [-0.15, -0.1) is 11.3 Å². The highest BCUT2D eigenvalue weighted by atomic mass is 35.5. The number of hydrogen-bond acceptors (Lipinski definition) is 4. The molecule has 1 heterocycles. The highest BCUT2D eigenvalue weighted by molar-refractivity contribution is 8.01. The number of hydrogen-bond donors (Lipinski definition) is 0. The van der Waals surface area contributed by atoms with Crippen LogP contribution in [0.4, 0.5) is 0 Å². The lowest BCUT2D eigenvalue weighted by Gasteiger charge is -2.08. The first kappa shape index (κ1) is 15.4. The van der Waals surface area contributed by atoms with Gasteiger partial charge in [0.15, 0.2) is 4.34 Å². The summed E-state index contributed by atoms with van der Waals surface area (Å²) in [5.41, 5.74) is 2.01. The van der Waals surface area contributed by atoms with E-state index in [9.17, 15) is 4.79 Å². The summed E-state index contributed by atoms with van der Waals surface area (Å²) in [4.78, 5) is 17.7. The summed E-state index contributed by atoms with van der Waals surface area (Å²) < 4.78 is 0.988. The van der Waals surface area contributed by atoms with Crippen molar-refractivity contribution in [2.45, 2.75) is 10.8 Å². The topological polar surface area (TPSA) is 33.2 Å². The second-order valence-electron chi connectivity index (χ2n) is 4.39. The molecule has 3 nitrogen and oxygen atoms in total. The number of carbonyl (C=O) groups is 1. The summed E-state index contributed by atoms with van der Waals surface area (Å²) >= 11 is 9.09. The number of nitrogens with zero attached hydrogens (tertiary/aromatic N) is 2. The van der Waals surface area contributed by atoms with Crippen molar-refractivity contribution in [2.24, 2.45) is 0 Å². The average molecular weight is 327 g/mol. The summed E-state index contributed by atoms with van der Waals surface area (Å²) in [6.07, 6.45) is 0.535. The third kappa shape index (κ3) is 4.23. The third-order valence-corrected chi connectivity index (χ3v) is 4.94. The predicted molar refractivity (Wildman–Crippen MR) is 86.6 cm³/mol. The summed E-state index contributed by atoms with van der Waals surface area (Å²) in [7, 11) is 3.55. The van der Waals surface area contributed by atoms with Crippen LogP contribution in [0.5, 0.6) is 0 Å². The van der Waals surface area contributed by atoms with E-state index >= 15 is 0 Å². The van der Waals surface area contributed by atoms with Gasteiger partial charge in [0.25, 0.3) is 0 Å². The standard InChI is InChI=1S/C14H15ClN2OS2/c1-17(2)13(18)7-8-19-14-16-12(9-20-14)10-3-5-11(15)6-4-10/h3-6,9H,7-8H2,1-2H3. The van der Waals surface area contributed by atoms with Crippen LogP contribution in [0, 0.1) is 0 Å². The summed E-state index contributed by atoms with van der Waals surface area (Å²) in [6, 6.07) is 7.64. The fraction of sp³-hybridized carbons (Fsp3) is 0.286. The first-order valence-corrected chi connectivity index (χ1v) is 8.35. The van der Waals surface area contributed by atoms with Crippen LogP contribution in [0.25, 0.3) is 11.3 Å². The number of benzene rings is 1. The SMILES string of the molecule is CN(C)C(=O)CCSc1nc(-c2ccc(Cl)cc2)cs1. The second kappa shape index (κ2) is 7.11. The number of aromatic nitrogens is 1. The number of thioether (sulfide) groups is 1. The number of halogens is 1. The molecule has 0 spiro atoms. The van der Waals surface area contributed by atoms with Crippen molar-refractivity contribution < 1.29 is 4.79 Å². The molecule has 0 radical (unpaired) electrons. The predicted octanol–water partition coefficient (Wildman–Crippen LogP) is 4.03. The molecule has 0 aliphatic carbocycles. The molecule has 0 N–H and O–H groups in total. The first-order valence-electron chi connectivity index (χ1n) is 6.10. The van der Waals surface area contributed by atoms with Crippen molar-refractivity contribution in [1.29, 1.82) is 0 Å². The first-order chi connectivity index (χ1) is 9.56. The molecule has 0 atom stereocenters. The molecule has 1 amide bonds. The lowest BCUT2D eigenvalue weighted by molar-refractivity contribution is -0.128. The van der Waals surface area contributed by atoms with Crippen molar-refractivity contribution in [3.05, 3.63) is 34.7 Å². The molecule has 6 heteroatoms. The highest BCUT2D eigenvalue weighted by Gasteiger charge is 2.07. The maximum Gasteiger partial charge on any atom is 0.222 e. The van der Waals surface area contributed by atoms with Gasteiger partial charge in [-0.05, 0) is 12.1 Å². The molecule has 0 fully saturated rings. The fourth-order valence-electron chi connectivity index (χ4n) is 1.53. The van der Waals surface area contributed by atoms with Crippen LogP contribution in [0.15, 0.2) is 34.0 Å². The van der Waals surface area contributed by atoms with Gasteiger partial charge >= 0.3 is 0 Å². The van der Waals surface area contributed by atoms with Gasteiger partial charge in [-0.25, -0.2) is 4.98 Å². The van der Waals surface area contributed by atoms with E-state index in [1.54, 1.807) is 42.1 Å². The second-order valence-corrected chi connectivity index (χ2v) is 7.03. The monoisotopic (exact) mass is 326 g/mol. The summed E-state index contributed by atoms with van der Waals surface area (Å²) in [5.74, 6) is 0.900. The van der Waals surface area contributed by atoms with Gasteiger partial charge in [0.2, 0.25) is 5.91 Å². The zero-order valence-electron chi connectivity index (χ0n) is 11.3. The average Bonchev–Trinajstić information content (AvgIpc) is 2.88. The Morgan fingerprint density at radius 2 is 2.05 bits per heavy atom. The van der Waals surface area contributed by atoms with E-state index in [4.69, 9.17) is 11.6 Å². The molecule has 1 aromatic heterocycles. The lowest BCUT2D eigenvalue weighted by Crippen LogP contribution is -2.21. The van der Waals surface area contributed by atoms with Crippen LogP contribution < -0.4 is 0 Å².